The average Bonchev–Trinajstić information content (AvgIpc) is 3.07. The zero-order valence-corrected chi connectivity index (χ0v) is 20.0. The number of hydrogen-bond acceptors (Lipinski definition) is 6. The Labute approximate surface area is 199 Å². The molecule has 168 valence electrons. The van der Waals surface area contributed by atoms with Gasteiger partial charge in [-0.1, -0.05) is 55.2 Å². The smallest absolute Gasteiger partial charge is 0.266 e. The summed E-state index contributed by atoms with van der Waals surface area (Å²) >= 11 is 6.57. The maximum atomic E-state index is 12.5. The largest absolute Gasteiger partial charge is 0.493 e. The van der Waals surface area contributed by atoms with Crippen LogP contribution in [0.1, 0.15) is 24.5 Å². The summed E-state index contributed by atoms with van der Waals surface area (Å²) < 4.78 is 17.7. The number of carbonyl (C=O) groups excluding carboxylic acids is 1. The van der Waals surface area contributed by atoms with E-state index < -0.39 is 0 Å². The molecule has 1 amide bonds. The van der Waals surface area contributed by atoms with Crippen molar-refractivity contribution in [3.8, 4) is 17.2 Å². The Bertz CT molecular complexity index is 1000. The summed E-state index contributed by atoms with van der Waals surface area (Å²) in [5.74, 6) is 2.01. The summed E-state index contributed by atoms with van der Waals surface area (Å²) in [5.41, 5.74) is 2.13. The minimum atomic E-state index is -0.108. The van der Waals surface area contributed by atoms with Crippen molar-refractivity contribution in [2.24, 2.45) is 0 Å². The lowest BCUT2D eigenvalue weighted by Crippen LogP contribution is -2.27. The number of thiocarbonyl (C=S) groups is 1. The number of methoxy groups -OCH3 is 1. The number of hydrogen-bond donors (Lipinski definition) is 0. The van der Waals surface area contributed by atoms with E-state index in [1.807, 2.05) is 36.4 Å². The van der Waals surface area contributed by atoms with Crippen LogP contribution in [0.15, 0.2) is 60.0 Å². The van der Waals surface area contributed by atoms with Crippen molar-refractivity contribution in [1.82, 2.24) is 4.90 Å². The minimum absolute atomic E-state index is 0.108. The van der Waals surface area contributed by atoms with Gasteiger partial charge in [-0.05, 0) is 47.9 Å². The highest BCUT2D eigenvalue weighted by Gasteiger charge is 2.30. The summed E-state index contributed by atoms with van der Waals surface area (Å²) in [5, 5.41) is 0. The molecule has 1 heterocycles. The molecule has 0 N–H and O–H groups in total. The number of amides is 1. The second kappa shape index (κ2) is 11.7. The zero-order chi connectivity index (χ0) is 22.9. The van der Waals surface area contributed by atoms with Gasteiger partial charge < -0.3 is 14.2 Å². The van der Waals surface area contributed by atoms with Gasteiger partial charge in [0, 0.05) is 13.0 Å². The molecule has 0 aromatic heterocycles. The Kier molecular flexibility index (Phi) is 8.76. The van der Waals surface area contributed by atoms with Gasteiger partial charge in [0.15, 0.2) is 11.5 Å². The van der Waals surface area contributed by atoms with Crippen LogP contribution in [0.5, 0.6) is 17.2 Å². The summed E-state index contributed by atoms with van der Waals surface area (Å²) in [4.78, 5) is 14.6. The molecule has 1 aliphatic rings. The van der Waals surface area contributed by atoms with Gasteiger partial charge >= 0.3 is 0 Å². The monoisotopic (exact) mass is 469 g/mol. The van der Waals surface area contributed by atoms with Crippen molar-refractivity contribution < 1.29 is 19.0 Å². The molecule has 0 unspecified atom stereocenters. The highest BCUT2D eigenvalue weighted by molar-refractivity contribution is 8.26. The van der Waals surface area contributed by atoms with E-state index in [9.17, 15) is 4.79 Å². The molecule has 0 radical (unpaired) electrons. The highest BCUT2D eigenvalue weighted by atomic mass is 32.2. The Hall–Kier alpha value is -2.77. The van der Waals surface area contributed by atoms with E-state index in [0.717, 1.165) is 24.2 Å². The van der Waals surface area contributed by atoms with E-state index in [-0.39, 0.29) is 5.91 Å². The van der Waals surface area contributed by atoms with Crippen molar-refractivity contribution in [1.29, 1.82) is 0 Å². The van der Waals surface area contributed by atoms with Crippen LogP contribution in [0.3, 0.4) is 0 Å². The predicted octanol–water partition coefficient (Wildman–Crippen LogP) is 5.49. The molecule has 0 spiro atoms. The molecule has 1 fully saturated rings. The fraction of sp³-hybridized carbons (Fsp3) is 0.280. The van der Waals surface area contributed by atoms with Crippen LogP contribution in [0.4, 0.5) is 0 Å². The van der Waals surface area contributed by atoms with E-state index in [1.165, 1.54) is 22.2 Å². The van der Waals surface area contributed by atoms with Gasteiger partial charge in [-0.2, -0.15) is 0 Å². The third-order valence-corrected chi connectivity index (χ3v) is 6.20. The van der Waals surface area contributed by atoms with Gasteiger partial charge in [-0.3, -0.25) is 9.69 Å². The number of thioether (sulfide) groups is 1. The number of ether oxygens (including phenoxy) is 3. The van der Waals surface area contributed by atoms with Gasteiger partial charge in [-0.15, -0.1) is 6.58 Å². The normalized spacial score (nSPS) is 14.7. The number of benzene rings is 2. The molecule has 2 aromatic rings. The van der Waals surface area contributed by atoms with Gasteiger partial charge in [0.2, 0.25) is 0 Å². The molecule has 5 nitrogen and oxygen atoms in total. The van der Waals surface area contributed by atoms with Crippen LogP contribution in [0, 0.1) is 0 Å². The molecule has 3 rings (SSSR count). The molecule has 0 aliphatic carbocycles. The number of aryl methyl sites for hydroxylation is 1. The standard InChI is InChI=1S/C25H27NO4S2/c1-4-13-26-24(27)23(32-25(26)31)17-19-9-12-21(22(16-19)28-3)30-15-6-14-29-20-10-7-18(5-2)8-11-20/h4,7-12,16-17H,1,5-6,13-15H2,2-3H3. The van der Waals surface area contributed by atoms with E-state index >= 15 is 0 Å². The van der Waals surface area contributed by atoms with Gasteiger partial charge in [0.05, 0.1) is 25.2 Å². The summed E-state index contributed by atoms with van der Waals surface area (Å²) in [6.07, 6.45) is 5.23. The number of nitrogens with zero attached hydrogens (tertiary/aromatic N) is 1. The second-order valence-corrected chi connectivity index (χ2v) is 8.72. The summed E-state index contributed by atoms with van der Waals surface area (Å²) in [6.45, 7) is 7.28. The molecular formula is C25H27NO4S2. The van der Waals surface area contributed by atoms with Crippen molar-refractivity contribution in [2.45, 2.75) is 19.8 Å². The molecule has 2 aromatic carbocycles. The third kappa shape index (κ3) is 6.14. The summed E-state index contributed by atoms with van der Waals surface area (Å²) in [6, 6.07) is 13.7. The third-order valence-electron chi connectivity index (χ3n) is 4.82. The quantitative estimate of drug-likeness (QED) is 0.188. The molecule has 32 heavy (non-hydrogen) atoms. The molecular weight excluding hydrogens is 442 g/mol. The lowest BCUT2D eigenvalue weighted by atomic mass is 10.2. The summed E-state index contributed by atoms with van der Waals surface area (Å²) in [7, 11) is 1.60. The molecule has 0 saturated carbocycles. The van der Waals surface area contributed by atoms with E-state index in [2.05, 4.69) is 25.6 Å². The zero-order valence-electron chi connectivity index (χ0n) is 18.3. The number of rotatable bonds is 11. The molecule has 1 aliphatic heterocycles. The fourth-order valence-corrected chi connectivity index (χ4v) is 4.36. The second-order valence-electron chi connectivity index (χ2n) is 7.04. The molecule has 0 atom stereocenters. The number of carbonyl (C=O) groups is 1. The molecule has 0 bridgehead atoms. The Morgan fingerprint density at radius 2 is 1.84 bits per heavy atom. The minimum Gasteiger partial charge on any atom is -0.493 e. The van der Waals surface area contributed by atoms with E-state index in [4.69, 9.17) is 26.4 Å². The van der Waals surface area contributed by atoms with Crippen LogP contribution in [0.2, 0.25) is 0 Å². The van der Waals surface area contributed by atoms with Crippen LogP contribution in [-0.4, -0.2) is 42.0 Å². The van der Waals surface area contributed by atoms with Crippen LogP contribution < -0.4 is 14.2 Å². The van der Waals surface area contributed by atoms with Crippen LogP contribution in [-0.2, 0) is 11.2 Å². The Balaban J connectivity index is 1.54. The SMILES string of the molecule is C=CCN1C(=O)C(=Cc2ccc(OCCCOc3ccc(CC)cc3)c(OC)c2)SC1=S. The van der Waals surface area contributed by atoms with Crippen molar-refractivity contribution >= 4 is 40.3 Å². The van der Waals surface area contributed by atoms with Crippen molar-refractivity contribution in [2.75, 3.05) is 26.9 Å². The van der Waals surface area contributed by atoms with Crippen LogP contribution >= 0.6 is 24.0 Å². The predicted molar refractivity (Wildman–Crippen MR) is 134 cm³/mol. The lowest BCUT2D eigenvalue weighted by molar-refractivity contribution is -0.121. The first-order valence-electron chi connectivity index (χ1n) is 10.4. The Morgan fingerprint density at radius 1 is 1.09 bits per heavy atom. The lowest BCUT2D eigenvalue weighted by Gasteiger charge is -2.12. The first-order chi connectivity index (χ1) is 15.5. The van der Waals surface area contributed by atoms with Gasteiger partial charge in [0.1, 0.15) is 10.1 Å². The first-order valence-corrected chi connectivity index (χ1v) is 11.7. The van der Waals surface area contributed by atoms with Crippen molar-refractivity contribution in [3.63, 3.8) is 0 Å². The molecule has 7 heteroatoms. The fourth-order valence-electron chi connectivity index (χ4n) is 3.08. The highest BCUT2D eigenvalue weighted by Crippen LogP contribution is 2.34. The first kappa shape index (κ1) is 23.9. The maximum Gasteiger partial charge on any atom is 0.266 e. The van der Waals surface area contributed by atoms with E-state index in [0.29, 0.717) is 40.5 Å². The topological polar surface area (TPSA) is 48.0 Å². The molecule has 1 saturated heterocycles. The van der Waals surface area contributed by atoms with E-state index in [1.54, 1.807) is 13.2 Å². The van der Waals surface area contributed by atoms with Crippen molar-refractivity contribution in [3.05, 3.63) is 71.2 Å². The van der Waals surface area contributed by atoms with Crippen LogP contribution in [0.25, 0.3) is 6.08 Å². The average molecular weight is 470 g/mol. The Morgan fingerprint density at radius 3 is 2.53 bits per heavy atom. The van der Waals surface area contributed by atoms with Gasteiger partial charge in [-0.25, -0.2) is 0 Å². The van der Waals surface area contributed by atoms with Gasteiger partial charge in [0.25, 0.3) is 5.91 Å². The maximum absolute atomic E-state index is 12.5.